The number of carbonyl (C=O) groups is 1. The molecule has 180 valence electrons. The average Bonchev–Trinajstić information content (AvgIpc) is 3.10. The maximum atomic E-state index is 14.6. The number of hydrogen-bond donors (Lipinski definition) is 2. The van der Waals surface area contributed by atoms with Crippen molar-refractivity contribution in [3.63, 3.8) is 0 Å². The quantitative estimate of drug-likeness (QED) is 0.455. The summed E-state index contributed by atoms with van der Waals surface area (Å²) in [5, 5.41) is 11.2. The number of H-pyrrole nitrogens is 1. The fourth-order valence-electron chi connectivity index (χ4n) is 4.38. The predicted octanol–water partition coefficient (Wildman–Crippen LogP) is 2.87. The van der Waals surface area contributed by atoms with Crippen LogP contribution in [0.4, 0.5) is 10.1 Å². The maximum Gasteiger partial charge on any atom is 0.329 e. The van der Waals surface area contributed by atoms with Gasteiger partial charge in [-0.05, 0) is 43.5 Å². The minimum Gasteiger partial charge on any atom is -0.319 e. The van der Waals surface area contributed by atoms with E-state index in [-0.39, 0.29) is 22.3 Å². The average molecular weight is 478 g/mol. The molecule has 0 fully saturated rings. The number of halogens is 1. The van der Waals surface area contributed by atoms with E-state index >= 15 is 0 Å². The van der Waals surface area contributed by atoms with Crippen molar-refractivity contribution in [2.24, 2.45) is 0 Å². The molecule has 1 aromatic carbocycles. The SMILES string of the molecule is CCCn1c(=O)[nH]c(=O)c2cc(C(=O)Nc3cc(-c4nnc5n4CCCCC5)ccc3F)cnc21. The molecule has 0 radical (unpaired) electrons. The Kier molecular flexibility index (Phi) is 5.98. The molecule has 5 rings (SSSR count). The first-order valence-electron chi connectivity index (χ1n) is 11.6. The Morgan fingerprint density at radius 3 is 2.86 bits per heavy atom. The lowest BCUT2D eigenvalue weighted by Crippen LogP contribution is -2.31. The first-order valence-corrected chi connectivity index (χ1v) is 11.6. The predicted molar refractivity (Wildman–Crippen MR) is 128 cm³/mol. The molecule has 35 heavy (non-hydrogen) atoms. The number of anilines is 1. The van der Waals surface area contributed by atoms with Crippen LogP contribution in [0.5, 0.6) is 0 Å². The van der Waals surface area contributed by atoms with E-state index in [2.05, 4.69) is 25.5 Å². The minimum absolute atomic E-state index is 0.0246. The summed E-state index contributed by atoms with van der Waals surface area (Å²) in [5.41, 5.74) is -0.328. The van der Waals surface area contributed by atoms with Crippen LogP contribution in [0.3, 0.4) is 0 Å². The van der Waals surface area contributed by atoms with Gasteiger partial charge in [0.1, 0.15) is 17.3 Å². The Bertz CT molecular complexity index is 1550. The molecule has 2 N–H and O–H groups in total. The number of nitrogens with zero attached hydrogens (tertiary/aromatic N) is 5. The second-order valence-electron chi connectivity index (χ2n) is 8.56. The molecule has 4 heterocycles. The van der Waals surface area contributed by atoms with Gasteiger partial charge >= 0.3 is 5.69 Å². The van der Waals surface area contributed by atoms with Crippen LogP contribution in [0.1, 0.15) is 48.8 Å². The van der Waals surface area contributed by atoms with E-state index in [0.717, 1.165) is 38.1 Å². The van der Waals surface area contributed by atoms with Crippen molar-refractivity contribution in [2.45, 2.75) is 52.1 Å². The molecule has 1 aliphatic heterocycles. The van der Waals surface area contributed by atoms with Crippen molar-refractivity contribution in [3.8, 4) is 11.4 Å². The number of rotatable bonds is 5. The molecule has 4 aromatic rings. The summed E-state index contributed by atoms with van der Waals surface area (Å²) in [7, 11) is 0. The smallest absolute Gasteiger partial charge is 0.319 e. The minimum atomic E-state index is -0.639. The van der Waals surface area contributed by atoms with Gasteiger partial charge in [0.05, 0.1) is 16.6 Å². The second kappa shape index (κ2) is 9.24. The van der Waals surface area contributed by atoms with Crippen LogP contribution in [-0.4, -0.2) is 35.2 Å². The molecular formula is C24H24FN7O3. The summed E-state index contributed by atoms with van der Waals surface area (Å²) in [4.78, 5) is 43.8. The summed E-state index contributed by atoms with van der Waals surface area (Å²) < 4.78 is 18.0. The zero-order chi connectivity index (χ0) is 24.5. The number of fused-ring (bicyclic) bond motifs is 2. The van der Waals surface area contributed by atoms with E-state index in [9.17, 15) is 18.8 Å². The summed E-state index contributed by atoms with van der Waals surface area (Å²) >= 11 is 0. The number of aryl methyl sites for hydroxylation is 2. The fourth-order valence-corrected chi connectivity index (χ4v) is 4.38. The van der Waals surface area contributed by atoms with Crippen molar-refractivity contribution in [1.82, 2.24) is 29.3 Å². The molecule has 0 spiro atoms. The van der Waals surface area contributed by atoms with Gasteiger partial charge in [-0.2, -0.15) is 0 Å². The van der Waals surface area contributed by atoms with Crippen LogP contribution in [0.25, 0.3) is 22.4 Å². The highest BCUT2D eigenvalue weighted by Gasteiger charge is 2.19. The number of aromatic amines is 1. The molecule has 0 saturated heterocycles. The van der Waals surface area contributed by atoms with Gasteiger partial charge in [0.2, 0.25) is 0 Å². The first-order chi connectivity index (χ1) is 17.0. The molecular weight excluding hydrogens is 453 g/mol. The molecule has 0 unspecified atom stereocenters. The Labute approximate surface area is 198 Å². The number of carbonyl (C=O) groups excluding carboxylic acids is 1. The third-order valence-corrected chi connectivity index (χ3v) is 6.12. The van der Waals surface area contributed by atoms with E-state index < -0.39 is 23.0 Å². The summed E-state index contributed by atoms with van der Waals surface area (Å²) in [6, 6.07) is 5.76. The summed E-state index contributed by atoms with van der Waals surface area (Å²) in [6.45, 7) is 3.05. The van der Waals surface area contributed by atoms with Crippen LogP contribution in [0.2, 0.25) is 0 Å². The van der Waals surface area contributed by atoms with Gasteiger partial charge in [-0.25, -0.2) is 14.2 Å². The number of nitrogens with one attached hydrogen (secondary N) is 2. The highest BCUT2D eigenvalue weighted by atomic mass is 19.1. The lowest BCUT2D eigenvalue weighted by molar-refractivity contribution is 0.102. The van der Waals surface area contributed by atoms with Crippen molar-refractivity contribution < 1.29 is 9.18 Å². The number of amides is 1. The maximum absolute atomic E-state index is 14.6. The molecule has 1 aliphatic rings. The summed E-state index contributed by atoms with van der Waals surface area (Å²) in [6.07, 6.45) is 5.96. The van der Waals surface area contributed by atoms with Crippen LogP contribution in [0, 0.1) is 5.82 Å². The number of hydrogen-bond acceptors (Lipinski definition) is 6. The standard InChI is InChI=1S/C24H24FN7O3/c1-2-9-32-21-16(23(34)28-24(32)35)11-15(13-26-21)22(33)27-18-12-14(7-8-17(18)25)20-30-29-19-6-4-3-5-10-31(19)20/h7-8,11-13H,2-6,9-10H2,1H3,(H,27,33)(H,28,34,35). The normalized spacial score (nSPS) is 13.4. The Morgan fingerprint density at radius 1 is 1.17 bits per heavy atom. The first kappa shape index (κ1) is 22.6. The van der Waals surface area contributed by atoms with Crippen molar-refractivity contribution in [1.29, 1.82) is 0 Å². The molecule has 11 heteroatoms. The molecule has 0 atom stereocenters. The number of benzene rings is 1. The number of aromatic nitrogens is 6. The third-order valence-electron chi connectivity index (χ3n) is 6.12. The van der Waals surface area contributed by atoms with Gasteiger partial charge in [-0.3, -0.25) is 19.1 Å². The molecule has 1 amide bonds. The van der Waals surface area contributed by atoms with Crippen LogP contribution in [0.15, 0.2) is 40.1 Å². The second-order valence-corrected chi connectivity index (χ2v) is 8.56. The fraction of sp³-hybridized carbons (Fsp3) is 0.333. The number of pyridine rings is 1. The van der Waals surface area contributed by atoms with E-state index in [4.69, 9.17) is 0 Å². The molecule has 0 aliphatic carbocycles. The van der Waals surface area contributed by atoms with E-state index in [1.54, 1.807) is 6.07 Å². The van der Waals surface area contributed by atoms with Crippen molar-refractivity contribution in [3.05, 3.63) is 68.5 Å². The molecule has 0 bridgehead atoms. The molecule has 3 aromatic heterocycles. The molecule has 10 nitrogen and oxygen atoms in total. The Morgan fingerprint density at radius 2 is 2.03 bits per heavy atom. The van der Waals surface area contributed by atoms with Gasteiger partial charge in [-0.15, -0.1) is 10.2 Å². The molecule has 0 saturated carbocycles. The summed E-state index contributed by atoms with van der Waals surface area (Å²) in [5.74, 6) is 0.288. The zero-order valence-electron chi connectivity index (χ0n) is 19.2. The lowest BCUT2D eigenvalue weighted by Gasteiger charge is -2.11. The monoisotopic (exact) mass is 477 g/mol. The van der Waals surface area contributed by atoms with E-state index in [0.29, 0.717) is 24.4 Å². The van der Waals surface area contributed by atoms with Gasteiger partial charge < -0.3 is 9.88 Å². The van der Waals surface area contributed by atoms with Gasteiger partial charge in [-0.1, -0.05) is 13.3 Å². The van der Waals surface area contributed by atoms with Crippen molar-refractivity contribution >= 4 is 22.6 Å². The van der Waals surface area contributed by atoms with Crippen molar-refractivity contribution in [2.75, 3.05) is 5.32 Å². The van der Waals surface area contributed by atoms with Gasteiger partial charge in [0.25, 0.3) is 11.5 Å². The van der Waals surface area contributed by atoms with Crippen LogP contribution >= 0.6 is 0 Å². The van der Waals surface area contributed by atoms with E-state index in [1.165, 1.54) is 29.0 Å². The topological polar surface area (TPSA) is 128 Å². The highest BCUT2D eigenvalue weighted by molar-refractivity contribution is 6.05. The van der Waals surface area contributed by atoms with Gasteiger partial charge in [0.15, 0.2) is 5.82 Å². The highest BCUT2D eigenvalue weighted by Crippen LogP contribution is 2.27. The van der Waals surface area contributed by atoms with Crippen LogP contribution in [-0.2, 0) is 19.5 Å². The van der Waals surface area contributed by atoms with E-state index in [1.807, 2.05) is 11.5 Å². The third kappa shape index (κ3) is 4.25. The Hall–Kier alpha value is -4.15. The van der Waals surface area contributed by atoms with Crippen LogP contribution < -0.4 is 16.6 Å². The Balaban J connectivity index is 1.47. The van der Waals surface area contributed by atoms with Gasteiger partial charge in [0, 0.05) is 31.3 Å². The zero-order valence-corrected chi connectivity index (χ0v) is 19.2. The largest absolute Gasteiger partial charge is 0.329 e. The lowest BCUT2D eigenvalue weighted by atomic mass is 10.1.